The molecule has 4 heteroatoms. The average molecular weight is 1810 g/mol. The smallest absolute Gasteiger partial charge is 0.143 e. The molecule has 0 bridgehead atoms. The molecular formula is C134H84OS3. The summed E-state index contributed by atoms with van der Waals surface area (Å²) in [7, 11) is 0. The van der Waals surface area contributed by atoms with E-state index in [1.165, 1.54) is 237 Å². The summed E-state index contributed by atoms with van der Waals surface area (Å²) in [6.07, 6.45) is 0. The Morgan fingerprint density at radius 1 is 0.130 bits per heavy atom. The fourth-order valence-electron chi connectivity index (χ4n) is 21.6. The Morgan fingerprint density at radius 2 is 0.435 bits per heavy atom. The largest absolute Gasteiger partial charge is 0.455 e. The van der Waals surface area contributed by atoms with Crippen molar-refractivity contribution >= 4 is 172 Å². The van der Waals surface area contributed by atoms with E-state index in [9.17, 15) is 0 Å². The van der Waals surface area contributed by atoms with Crippen LogP contribution in [0.5, 0.6) is 0 Å². The van der Waals surface area contributed by atoms with Gasteiger partial charge in [0, 0.05) is 88.5 Å². The van der Waals surface area contributed by atoms with Crippen LogP contribution in [-0.2, 0) is 0 Å². The molecule has 24 aromatic carbocycles. The lowest BCUT2D eigenvalue weighted by atomic mass is 9.83. The molecular weight excluding hydrogens is 1720 g/mol. The van der Waals surface area contributed by atoms with E-state index >= 15 is 0 Å². The lowest BCUT2D eigenvalue weighted by Crippen LogP contribution is -1.93. The Kier molecular flexibility index (Phi) is 20.6. The van der Waals surface area contributed by atoms with Gasteiger partial charge < -0.3 is 4.42 Å². The van der Waals surface area contributed by atoms with Crippen LogP contribution in [0.1, 0.15) is 0 Å². The normalized spacial score (nSPS) is 11.6. The molecule has 28 aromatic rings. The number of para-hydroxylation sites is 1. The second-order valence-electron chi connectivity index (χ2n) is 35.7. The molecule has 138 heavy (non-hydrogen) atoms. The van der Waals surface area contributed by atoms with Crippen molar-refractivity contribution in [1.82, 2.24) is 0 Å². The van der Waals surface area contributed by atoms with Gasteiger partial charge in [0.1, 0.15) is 11.2 Å². The maximum atomic E-state index is 6.93. The SMILES string of the molecule is c1ccc(-c2ccc(-c3ccc4c(-c5ccccc5)c5ccccc5c(-c5cccc6c5oc5c7ccccc7ccc65)c4c3)s2)cc1.c1ccc(-c2ccc3c(-c4ccccc4-c4ccccc4)c4ccccc4c(-c4cccc5c4sc4ccccc45)c3c2)cc1.c1ccc(-c2cccc(-c3c4ccccc4c(-c4cccc5c4sc4ccccc45)c4cc(-c5ccccc5)ccc34)c2)cc1. The Hall–Kier alpha value is -17.0. The number of rotatable bonds is 12. The van der Waals surface area contributed by atoms with Gasteiger partial charge in [-0.25, -0.2) is 0 Å². The highest BCUT2D eigenvalue weighted by atomic mass is 32.1. The van der Waals surface area contributed by atoms with Crippen LogP contribution in [0.2, 0.25) is 0 Å². The van der Waals surface area contributed by atoms with Crippen molar-refractivity contribution in [3.8, 4) is 132 Å². The van der Waals surface area contributed by atoms with Crippen LogP contribution in [0.15, 0.2) is 514 Å². The van der Waals surface area contributed by atoms with E-state index in [1.54, 1.807) is 0 Å². The van der Waals surface area contributed by atoms with Crippen LogP contribution >= 0.6 is 34.0 Å². The van der Waals surface area contributed by atoms with Crippen molar-refractivity contribution in [1.29, 1.82) is 0 Å². The molecule has 0 amide bonds. The summed E-state index contributed by atoms with van der Waals surface area (Å²) < 4.78 is 12.3. The molecule has 0 fully saturated rings. The summed E-state index contributed by atoms with van der Waals surface area (Å²) >= 11 is 5.64. The van der Waals surface area contributed by atoms with Gasteiger partial charge in [-0.15, -0.1) is 34.0 Å². The first-order valence-electron chi connectivity index (χ1n) is 47.2. The molecule has 0 N–H and O–H groups in total. The molecule has 0 radical (unpaired) electrons. The van der Waals surface area contributed by atoms with E-state index in [4.69, 9.17) is 4.42 Å². The summed E-state index contributed by atoms with van der Waals surface area (Å²) in [5.41, 5.74) is 29.2. The molecule has 0 saturated heterocycles. The maximum Gasteiger partial charge on any atom is 0.143 e. The van der Waals surface area contributed by atoms with Gasteiger partial charge in [-0.05, 0) is 225 Å². The minimum absolute atomic E-state index is 0.927. The van der Waals surface area contributed by atoms with Crippen LogP contribution in [0.25, 0.3) is 270 Å². The number of hydrogen-bond acceptors (Lipinski definition) is 4. The highest BCUT2D eigenvalue weighted by Gasteiger charge is 2.27. The van der Waals surface area contributed by atoms with Gasteiger partial charge in [0.25, 0.3) is 0 Å². The average Bonchev–Trinajstić information content (AvgIpc) is 1.34. The molecule has 0 spiro atoms. The Bertz CT molecular complexity index is 9620. The fourth-order valence-corrected chi connectivity index (χ4v) is 25.1. The lowest BCUT2D eigenvalue weighted by Gasteiger charge is -2.20. The highest BCUT2D eigenvalue weighted by Crippen LogP contribution is 2.55. The van der Waals surface area contributed by atoms with Crippen LogP contribution in [-0.4, -0.2) is 0 Å². The maximum absolute atomic E-state index is 6.93. The van der Waals surface area contributed by atoms with Crippen molar-refractivity contribution in [2.45, 2.75) is 0 Å². The van der Waals surface area contributed by atoms with E-state index in [0.717, 1.165) is 32.9 Å². The third kappa shape index (κ3) is 14.3. The first-order valence-corrected chi connectivity index (χ1v) is 49.7. The molecule has 0 atom stereocenters. The van der Waals surface area contributed by atoms with Gasteiger partial charge in [-0.3, -0.25) is 0 Å². The van der Waals surface area contributed by atoms with Crippen LogP contribution in [0, 0.1) is 0 Å². The highest BCUT2D eigenvalue weighted by molar-refractivity contribution is 7.27. The Balaban J connectivity index is 0.000000107. The molecule has 0 aliphatic heterocycles. The van der Waals surface area contributed by atoms with Crippen molar-refractivity contribution < 1.29 is 4.42 Å². The topological polar surface area (TPSA) is 13.1 Å². The van der Waals surface area contributed by atoms with Gasteiger partial charge in [-0.2, -0.15) is 0 Å². The minimum Gasteiger partial charge on any atom is -0.455 e. The zero-order chi connectivity index (χ0) is 91.1. The van der Waals surface area contributed by atoms with Crippen molar-refractivity contribution in [3.63, 3.8) is 0 Å². The predicted molar refractivity (Wildman–Crippen MR) is 598 cm³/mol. The zero-order valence-electron chi connectivity index (χ0n) is 75.1. The molecule has 28 rings (SSSR count). The van der Waals surface area contributed by atoms with E-state index in [2.05, 4.69) is 510 Å². The quantitative estimate of drug-likeness (QED) is 0.111. The van der Waals surface area contributed by atoms with Gasteiger partial charge in [-0.1, -0.05) is 455 Å². The summed E-state index contributed by atoms with van der Waals surface area (Å²) in [5, 5.41) is 25.0. The van der Waals surface area contributed by atoms with Crippen LogP contribution < -0.4 is 0 Å². The molecule has 0 aliphatic carbocycles. The third-order valence-corrected chi connectivity index (χ3v) is 31.5. The van der Waals surface area contributed by atoms with E-state index in [-0.39, 0.29) is 0 Å². The number of thiophene rings is 3. The van der Waals surface area contributed by atoms with Gasteiger partial charge in [0.2, 0.25) is 0 Å². The first kappa shape index (κ1) is 81.8. The molecule has 0 unspecified atom stereocenters. The third-order valence-electron chi connectivity index (χ3n) is 27.8. The van der Waals surface area contributed by atoms with E-state index in [0.29, 0.717) is 0 Å². The number of hydrogen-bond donors (Lipinski definition) is 0. The van der Waals surface area contributed by atoms with Crippen molar-refractivity contribution in [2.24, 2.45) is 0 Å². The minimum atomic E-state index is 0.927. The first-order chi connectivity index (χ1) is 68.5. The van der Waals surface area contributed by atoms with Crippen LogP contribution in [0.3, 0.4) is 0 Å². The summed E-state index contributed by atoms with van der Waals surface area (Å²) in [5.74, 6) is 0. The summed E-state index contributed by atoms with van der Waals surface area (Å²) in [6, 6.07) is 186. The summed E-state index contributed by atoms with van der Waals surface area (Å²) in [4.78, 5) is 2.53. The van der Waals surface area contributed by atoms with E-state index < -0.39 is 0 Å². The van der Waals surface area contributed by atoms with E-state index in [1.807, 2.05) is 34.0 Å². The molecule has 1 nitrogen and oxygen atoms in total. The standard InChI is InChI=1S/C46H28OS.2C44H28S/c1-3-13-30(14-4-1)41-26-27-42(48-41)32-23-24-36-40(28-32)44(35-19-10-9-18-34(35)43(36)31-15-5-2-6-16-31)39-21-11-20-37-38-25-22-29-12-7-8-17-33(29)45(38)47-46(37)39;1-3-13-29(14-4-1)31-17-11-18-33(27-31)42-35-20-7-8-21-36(35)43(40-28-32(25-26-37(40)42)30-15-5-2-6-16-30)39-23-12-22-38-34-19-9-10-24-41(34)45-44(38)39;1-3-14-29(15-4-1)31-26-27-37-40(28-31)43(39-24-13-23-38-33-19-11-12-25-41(33)45-44(38)39)36-22-10-9-21-35(36)42(37)34-20-8-7-18-32(34)30-16-5-2-6-17-30/h1-28H;2*1-28H. The molecule has 4 heterocycles. The second kappa shape index (κ2) is 34.8. The van der Waals surface area contributed by atoms with Gasteiger partial charge in [0.05, 0.1) is 0 Å². The van der Waals surface area contributed by atoms with Crippen molar-refractivity contribution in [2.75, 3.05) is 0 Å². The molecule has 4 aromatic heterocycles. The van der Waals surface area contributed by atoms with Crippen molar-refractivity contribution in [3.05, 3.63) is 510 Å². The molecule has 0 aliphatic rings. The monoisotopic (exact) mass is 1800 g/mol. The fraction of sp³-hybridized carbons (Fsp3) is 0. The zero-order valence-corrected chi connectivity index (χ0v) is 77.6. The number of benzene rings is 24. The van der Waals surface area contributed by atoms with Gasteiger partial charge >= 0.3 is 0 Å². The predicted octanol–water partition coefficient (Wildman–Crippen LogP) is 39.8. The lowest BCUT2D eigenvalue weighted by molar-refractivity contribution is 0.674. The summed E-state index contributed by atoms with van der Waals surface area (Å²) in [6.45, 7) is 0. The number of furan rings is 1. The number of fused-ring (bicyclic) bond motifs is 17. The second-order valence-corrected chi connectivity index (χ2v) is 38.9. The molecule has 644 valence electrons. The van der Waals surface area contributed by atoms with Gasteiger partial charge in [0.15, 0.2) is 0 Å². The van der Waals surface area contributed by atoms with Crippen LogP contribution in [0.4, 0.5) is 0 Å². The Labute approximate surface area is 811 Å². The molecule has 0 saturated carbocycles. The Morgan fingerprint density at radius 3 is 0.949 bits per heavy atom.